The van der Waals surface area contributed by atoms with Gasteiger partial charge in [0.2, 0.25) is 11.8 Å². The van der Waals surface area contributed by atoms with Gasteiger partial charge in [-0.15, -0.1) is 11.8 Å². The van der Waals surface area contributed by atoms with Crippen molar-refractivity contribution in [3.8, 4) is 0 Å². The highest BCUT2D eigenvalue weighted by Crippen LogP contribution is 2.29. The molecule has 162 valence electrons. The number of thioether (sulfide) groups is 1. The van der Waals surface area contributed by atoms with Gasteiger partial charge >= 0.3 is 5.97 Å². The second kappa shape index (κ2) is 9.65. The lowest BCUT2D eigenvalue weighted by molar-refractivity contribution is -0.157. The molecule has 2 unspecified atom stereocenters. The van der Waals surface area contributed by atoms with E-state index in [1.54, 1.807) is 16.7 Å². The number of amides is 3. The number of anilines is 2. The van der Waals surface area contributed by atoms with Gasteiger partial charge in [0.15, 0.2) is 6.10 Å². The summed E-state index contributed by atoms with van der Waals surface area (Å²) >= 11 is 1.57. The molecule has 2 aromatic rings. The van der Waals surface area contributed by atoms with E-state index in [2.05, 4.69) is 5.32 Å². The predicted molar refractivity (Wildman–Crippen MR) is 118 cm³/mol. The molecule has 0 radical (unpaired) electrons. The summed E-state index contributed by atoms with van der Waals surface area (Å²) in [5.74, 6) is -2.49. The quantitative estimate of drug-likeness (QED) is 0.503. The Labute approximate surface area is 184 Å². The van der Waals surface area contributed by atoms with E-state index in [1.165, 1.54) is 31.2 Å². The number of rotatable bonds is 7. The van der Waals surface area contributed by atoms with Gasteiger partial charge in [0.25, 0.3) is 5.91 Å². The molecule has 3 N–H and O–H groups in total. The molecule has 0 bridgehead atoms. The highest BCUT2D eigenvalue weighted by molar-refractivity contribution is 7.98. The first kappa shape index (κ1) is 22.4. The van der Waals surface area contributed by atoms with E-state index in [9.17, 15) is 19.2 Å². The summed E-state index contributed by atoms with van der Waals surface area (Å²) in [7, 11) is 0. The fraction of sp³-hybridized carbons (Fsp3) is 0.273. The SMILES string of the molecule is CSc1cccc(N2CC(C(=O)OC(C)C(=O)Nc3ccc(C(N)=O)cc3)CC2=O)c1. The summed E-state index contributed by atoms with van der Waals surface area (Å²) in [6, 6.07) is 13.6. The third kappa shape index (κ3) is 5.43. The summed E-state index contributed by atoms with van der Waals surface area (Å²) in [4.78, 5) is 51.0. The molecule has 1 aliphatic rings. The molecule has 0 spiro atoms. The smallest absolute Gasteiger partial charge is 0.312 e. The number of ether oxygens (including phenoxy) is 1. The molecular formula is C22H23N3O5S. The third-order valence-corrected chi connectivity index (χ3v) is 5.65. The third-order valence-electron chi connectivity index (χ3n) is 4.92. The lowest BCUT2D eigenvalue weighted by Crippen LogP contribution is -2.33. The molecule has 2 atom stereocenters. The molecular weight excluding hydrogens is 418 g/mol. The normalized spacial score (nSPS) is 16.6. The lowest BCUT2D eigenvalue weighted by atomic mass is 10.1. The zero-order valence-electron chi connectivity index (χ0n) is 17.2. The van der Waals surface area contributed by atoms with Crippen LogP contribution in [0.1, 0.15) is 23.7 Å². The number of primary amides is 1. The lowest BCUT2D eigenvalue weighted by Gasteiger charge is -2.18. The molecule has 3 rings (SSSR count). The van der Waals surface area contributed by atoms with Gasteiger partial charge in [0.1, 0.15) is 0 Å². The number of nitrogens with two attached hydrogens (primary N) is 1. The summed E-state index contributed by atoms with van der Waals surface area (Å²) in [5, 5.41) is 2.61. The van der Waals surface area contributed by atoms with Gasteiger partial charge in [-0.1, -0.05) is 6.07 Å². The molecule has 8 nitrogen and oxygen atoms in total. The highest BCUT2D eigenvalue weighted by atomic mass is 32.2. The average Bonchev–Trinajstić information content (AvgIpc) is 3.16. The summed E-state index contributed by atoms with van der Waals surface area (Å²) in [5.41, 5.74) is 6.67. The summed E-state index contributed by atoms with van der Waals surface area (Å²) in [6.45, 7) is 1.67. The first-order chi connectivity index (χ1) is 14.8. The van der Waals surface area contributed by atoms with Crippen LogP contribution in [0.3, 0.4) is 0 Å². The number of nitrogens with zero attached hydrogens (tertiary/aromatic N) is 1. The first-order valence-electron chi connectivity index (χ1n) is 9.64. The Morgan fingerprint density at radius 1 is 1.19 bits per heavy atom. The van der Waals surface area contributed by atoms with Crippen molar-refractivity contribution in [2.24, 2.45) is 11.7 Å². The van der Waals surface area contributed by atoms with Gasteiger partial charge in [-0.05, 0) is 55.6 Å². The number of nitrogens with one attached hydrogen (secondary N) is 1. The minimum Gasteiger partial charge on any atom is -0.452 e. The van der Waals surface area contributed by atoms with E-state index in [-0.39, 0.29) is 18.9 Å². The molecule has 0 aliphatic carbocycles. The van der Waals surface area contributed by atoms with Crippen LogP contribution in [-0.2, 0) is 19.1 Å². The fourth-order valence-electron chi connectivity index (χ4n) is 3.18. The molecule has 0 aromatic heterocycles. The molecule has 3 amide bonds. The Bertz CT molecular complexity index is 1010. The second-order valence-corrected chi connectivity index (χ2v) is 8.00. The Kier molecular flexibility index (Phi) is 6.96. The maximum absolute atomic E-state index is 12.5. The Morgan fingerprint density at radius 3 is 2.55 bits per heavy atom. The van der Waals surface area contributed by atoms with Crippen molar-refractivity contribution in [2.45, 2.75) is 24.3 Å². The van der Waals surface area contributed by atoms with Crippen molar-refractivity contribution in [1.82, 2.24) is 0 Å². The predicted octanol–water partition coefficient (Wildman–Crippen LogP) is 2.43. The first-order valence-corrected chi connectivity index (χ1v) is 10.9. The van der Waals surface area contributed by atoms with Crippen LogP contribution < -0.4 is 16.0 Å². The van der Waals surface area contributed by atoms with E-state index < -0.39 is 29.8 Å². The Balaban J connectivity index is 1.57. The molecule has 1 saturated heterocycles. The maximum atomic E-state index is 12.5. The highest BCUT2D eigenvalue weighted by Gasteiger charge is 2.37. The van der Waals surface area contributed by atoms with E-state index in [0.717, 1.165) is 10.6 Å². The number of carbonyl (C=O) groups excluding carboxylic acids is 4. The number of hydrogen-bond acceptors (Lipinski definition) is 6. The van der Waals surface area contributed by atoms with Crippen molar-refractivity contribution in [3.05, 3.63) is 54.1 Å². The van der Waals surface area contributed by atoms with Crippen molar-refractivity contribution < 1.29 is 23.9 Å². The van der Waals surface area contributed by atoms with Crippen LogP contribution >= 0.6 is 11.8 Å². The average molecular weight is 442 g/mol. The minimum atomic E-state index is -1.05. The van der Waals surface area contributed by atoms with Crippen LogP contribution in [0.4, 0.5) is 11.4 Å². The monoisotopic (exact) mass is 441 g/mol. The van der Waals surface area contributed by atoms with Crippen LogP contribution in [0.15, 0.2) is 53.4 Å². The summed E-state index contributed by atoms with van der Waals surface area (Å²) in [6.07, 6.45) is 0.932. The van der Waals surface area contributed by atoms with Gasteiger partial charge < -0.3 is 20.7 Å². The van der Waals surface area contributed by atoms with Gasteiger partial charge in [-0.25, -0.2) is 0 Å². The van der Waals surface area contributed by atoms with Gasteiger partial charge in [0.05, 0.1) is 5.92 Å². The van der Waals surface area contributed by atoms with Crippen LogP contribution in [0.5, 0.6) is 0 Å². The zero-order valence-corrected chi connectivity index (χ0v) is 18.0. The fourth-order valence-corrected chi connectivity index (χ4v) is 3.63. The van der Waals surface area contributed by atoms with Gasteiger partial charge in [-0.2, -0.15) is 0 Å². The van der Waals surface area contributed by atoms with E-state index >= 15 is 0 Å². The molecule has 31 heavy (non-hydrogen) atoms. The molecule has 1 heterocycles. The molecule has 0 saturated carbocycles. The maximum Gasteiger partial charge on any atom is 0.312 e. The van der Waals surface area contributed by atoms with E-state index in [1.807, 2.05) is 30.5 Å². The number of hydrogen-bond donors (Lipinski definition) is 2. The van der Waals surface area contributed by atoms with Crippen molar-refractivity contribution in [1.29, 1.82) is 0 Å². The Morgan fingerprint density at radius 2 is 1.90 bits per heavy atom. The number of carbonyl (C=O) groups is 4. The van der Waals surface area contributed by atoms with Crippen LogP contribution in [0.25, 0.3) is 0 Å². The van der Waals surface area contributed by atoms with Crippen LogP contribution in [0, 0.1) is 5.92 Å². The summed E-state index contributed by atoms with van der Waals surface area (Å²) < 4.78 is 5.30. The minimum absolute atomic E-state index is 0.0330. The van der Waals surface area contributed by atoms with E-state index in [0.29, 0.717) is 11.3 Å². The van der Waals surface area contributed by atoms with E-state index in [4.69, 9.17) is 10.5 Å². The van der Waals surface area contributed by atoms with Crippen molar-refractivity contribution in [2.75, 3.05) is 23.0 Å². The second-order valence-electron chi connectivity index (χ2n) is 7.12. The molecule has 1 aliphatic heterocycles. The number of benzene rings is 2. The van der Waals surface area contributed by atoms with Gasteiger partial charge in [-0.3, -0.25) is 19.2 Å². The molecule has 9 heteroatoms. The van der Waals surface area contributed by atoms with Crippen molar-refractivity contribution in [3.63, 3.8) is 0 Å². The zero-order chi connectivity index (χ0) is 22.5. The van der Waals surface area contributed by atoms with Crippen LogP contribution in [-0.4, -0.2) is 42.6 Å². The molecule has 2 aromatic carbocycles. The topological polar surface area (TPSA) is 119 Å². The van der Waals surface area contributed by atoms with Crippen LogP contribution in [0.2, 0.25) is 0 Å². The molecule has 1 fully saturated rings. The standard InChI is InChI=1S/C22H23N3O5S/c1-13(21(28)24-16-8-6-14(7-9-16)20(23)27)30-22(29)15-10-19(26)25(12-15)17-4-3-5-18(11-17)31-2/h3-9,11,13,15H,10,12H2,1-2H3,(H2,23,27)(H,24,28). The van der Waals surface area contributed by atoms with Crippen molar-refractivity contribution >= 4 is 46.8 Å². The number of esters is 1. The largest absolute Gasteiger partial charge is 0.452 e. The Hall–Kier alpha value is -3.33. The van der Waals surface area contributed by atoms with Gasteiger partial charge in [0, 0.05) is 34.8 Å².